The number of carbonyl (C=O) groups excluding carboxylic acids is 1. The number of Topliss-reactive ketones (excluding diaryl/α,β-unsaturated/α-hetero) is 1. The standard InChI is InChI=1S/C8H5ClFO/c1-5(11)7-3-2-6(9)4-8(7)10/h2,4H,1H3. The molecule has 1 radical (unpaired) electrons. The zero-order valence-corrected chi connectivity index (χ0v) is 6.57. The number of rotatable bonds is 1. The van der Waals surface area contributed by atoms with Gasteiger partial charge in [0, 0.05) is 5.02 Å². The smallest absolute Gasteiger partial charge is 0.163 e. The van der Waals surface area contributed by atoms with Crippen LogP contribution in [0.3, 0.4) is 0 Å². The molecule has 0 saturated carbocycles. The van der Waals surface area contributed by atoms with Crippen LogP contribution in [0.25, 0.3) is 0 Å². The molecule has 1 aromatic carbocycles. The zero-order valence-electron chi connectivity index (χ0n) is 5.82. The number of hydrogen-bond acceptors (Lipinski definition) is 1. The van der Waals surface area contributed by atoms with Gasteiger partial charge in [-0.1, -0.05) is 11.6 Å². The van der Waals surface area contributed by atoms with E-state index in [4.69, 9.17) is 11.6 Å². The summed E-state index contributed by atoms with van der Waals surface area (Å²) in [6.07, 6.45) is 0. The second-order valence-electron chi connectivity index (χ2n) is 2.10. The average Bonchev–Trinajstić information content (AvgIpc) is 1.85. The molecule has 57 valence electrons. The molecular formula is C8H5ClFO. The lowest BCUT2D eigenvalue weighted by atomic mass is 10.1. The van der Waals surface area contributed by atoms with Crippen LogP contribution in [0.15, 0.2) is 12.1 Å². The van der Waals surface area contributed by atoms with Crippen LogP contribution in [-0.2, 0) is 0 Å². The van der Waals surface area contributed by atoms with Gasteiger partial charge in [0.15, 0.2) is 5.78 Å². The van der Waals surface area contributed by atoms with E-state index in [2.05, 4.69) is 6.07 Å². The highest BCUT2D eigenvalue weighted by molar-refractivity contribution is 6.30. The van der Waals surface area contributed by atoms with Crippen molar-refractivity contribution in [3.63, 3.8) is 0 Å². The molecule has 0 heterocycles. The van der Waals surface area contributed by atoms with Gasteiger partial charge in [0.1, 0.15) is 5.82 Å². The Kier molecular flexibility index (Phi) is 2.25. The first kappa shape index (κ1) is 8.21. The summed E-state index contributed by atoms with van der Waals surface area (Å²) >= 11 is 5.44. The summed E-state index contributed by atoms with van der Waals surface area (Å²) < 4.78 is 12.8. The zero-order chi connectivity index (χ0) is 8.43. The summed E-state index contributed by atoms with van der Waals surface area (Å²) in [6, 6.07) is 4.90. The maximum absolute atomic E-state index is 12.8. The predicted octanol–water partition coefficient (Wildman–Crippen LogP) is 2.48. The van der Waals surface area contributed by atoms with Gasteiger partial charge in [-0.25, -0.2) is 4.39 Å². The molecule has 0 N–H and O–H groups in total. The molecule has 0 spiro atoms. The van der Waals surface area contributed by atoms with E-state index >= 15 is 0 Å². The quantitative estimate of drug-likeness (QED) is 0.594. The first-order valence-electron chi connectivity index (χ1n) is 2.99. The van der Waals surface area contributed by atoms with Gasteiger partial charge in [-0.3, -0.25) is 4.79 Å². The van der Waals surface area contributed by atoms with Crippen molar-refractivity contribution in [3.05, 3.63) is 34.6 Å². The Morgan fingerprint density at radius 1 is 1.73 bits per heavy atom. The highest BCUT2D eigenvalue weighted by Gasteiger charge is 2.06. The van der Waals surface area contributed by atoms with Crippen LogP contribution < -0.4 is 0 Å². The SMILES string of the molecule is CC(=O)c1[c]cc(Cl)cc1F. The first-order chi connectivity index (χ1) is 5.11. The van der Waals surface area contributed by atoms with Crippen LogP contribution in [0.4, 0.5) is 4.39 Å². The van der Waals surface area contributed by atoms with Crippen LogP contribution in [0.5, 0.6) is 0 Å². The van der Waals surface area contributed by atoms with E-state index in [1.807, 2.05) is 0 Å². The Hall–Kier alpha value is -0.890. The molecule has 11 heavy (non-hydrogen) atoms. The van der Waals surface area contributed by atoms with Gasteiger partial charge in [-0.15, -0.1) is 0 Å². The maximum Gasteiger partial charge on any atom is 0.163 e. The van der Waals surface area contributed by atoms with Crippen molar-refractivity contribution in [3.8, 4) is 0 Å². The van der Waals surface area contributed by atoms with Gasteiger partial charge in [-0.2, -0.15) is 0 Å². The van der Waals surface area contributed by atoms with E-state index in [0.29, 0.717) is 0 Å². The molecular weight excluding hydrogens is 167 g/mol. The summed E-state index contributed by atoms with van der Waals surface area (Å²) in [6.45, 7) is 1.28. The fourth-order valence-electron chi connectivity index (χ4n) is 0.715. The van der Waals surface area contributed by atoms with Crippen LogP contribution in [0.2, 0.25) is 5.02 Å². The molecule has 0 saturated heterocycles. The second kappa shape index (κ2) is 3.01. The monoisotopic (exact) mass is 171 g/mol. The molecule has 0 bridgehead atoms. The van der Waals surface area contributed by atoms with Crippen LogP contribution in [0.1, 0.15) is 17.3 Å². The average molecular weight is 172 g/mol. The molecule has 1 rings (SSSR count). The van der Waals surface area contributed by atoms with Crippen molar-refractivity contribution in [1.82, 2.24) is 0 Å². The number of ketones is 1. The Morgan fingerprint density at radius 2 is 2.36 bits per heavy atom. The van der Waals surface area contributed by atoms with Crippen molar-refractivity contribution >= 4 is 17.4 Å². The van der Waals surface area contributed by atoms with E-state index in [9.17, 15) is 9.18 Å². The predicted molar refractivity (Wildman–Crippen MR) is 40.3 cm³/mol. The molecule has 0 aliphatic carbocycles. The largest absolute Gasteiger partial charge is 0.294 e. The molecule has 3 heteroatoms. The molecule has 1 nitrogen and oxygen atoms in total. The van der Waals surface area contributed by atoms with Crippen molar-refractivity contribution in [2.24, 2.45) is 0 Å². The highest BCUT2D eigenvalue weighted by Crippen LogP contribution is 2.13. The molecule has 0 unspecified atom stereocenters. The molecule has 0 aromatic heterocycles. The third-order valence-electron chi connectivity index (χ3n) is 1.21. The maximum atomic E-state index is 12.8. The Balaban J connectivity index is 3.20. The third-order valence-corrected chi connectivity index (χ3v) is 1.43. The minimum Gasteiger partial charge on any atom is -0.294 e. The van der Waals surface area contributed by atoms with Crippen LogP contribution in [0, 0.1) is 11.9 Å². The van der Waals surface area contributed by atoms with E-state index < -0.39 is 5.82 Å². The van der Waals surface area contributed by atoms with Gasteiger partial charge in [0.2, 0.25) is 0 Å². The first-order valence-corrected chi connectivity index (χ1v) is 3.36. The lowest BCUT2D eigenvalue weighted by Gasteiger charge is -1.96. The van der Waals surface area contributed by atoms with E-state index in [1.54, 1.807) is 0 Å². The minimum atomic E-state index is -0.620. The molecule has 0 fully saturated rings. The molecule has 0 amide bonds. The Morgan fingerprint density at radius 3 is 2.82 bits per heavy atom. The number of carbonyl (C=O) groups is 1. The number of halogens is 2. The third kappa shape index (κ3) is 1.77. The van der Waals surface area contributed by atoms with Gasteiger partial charge in [-0.05, 0) is 25.1 Å². The summed E-state index contributed by atoms with van der Waals surface area (Å²) in [5.74, 6) is -0.968. The Bertz CT molecular complexity index is 296. The lowest BCUT2D eigenvalue weighted by molar-refractivity contribution is 0.101. The van der Waals surface area contributed by atoms with Gasteiger partial charge >= 0.3 is 0 Å². The van der Waals surface area contributed by atoms with E-state index in [-0.39, 0.29) is 16.4 Å². The van der Waals surface area contributed by atoms with E-state index in [1.165, 1.54) is 13.0 Å². The topological polar surface area (TPSA) is 17.1 Å². The summed E-state index contributed by atoms with van der Waals surface area (Å²) in [7, 11) is 0. The normalized spacial score (nSPS) is 9.73. The molecule has 1 aromatic rings. The van der Waals surface area contributed by atoms with Gasteiger partial charge < -0.3 is 0 Å². The number of benzene rings is 1. The summed E-state index contributed by atoms with van der Waals surface area (Å²) in [5.41, 5.74) is -0.0469. The minimum absolute atomic E-state index is 0.0469. The van der Waals surface area contributed by atoms with Gasteiger partial charge in [0.25, 0.3) is 0 Å². The van der Waals surface area contributed by atoms with E-state index in [0.717, 1.165) is 6.07 Å². The summed E-state index contributed by atoms with van der Waals surface area (Å²) in [5, 5.41) is 0.243. The lowest BCUT2D eigenvalue weighted by Crippen LogP contribution is -1.96. The summed E-state index contributed by atoms with van der Waals surface area (Å²) in [4.78, 5) is 10.7. The fourth-order valence-corrected chi connectivity index (χ4v) is 0.865. The number of hydrogen-bond donors (Lipinski definition) is 0. The highest BCUT2D eigenvalue weighted by atomic mass is 35.5. The van der Waals surface area contributed by atoms with Crippen molar-refractivity contribution in [2.45, 2.75) is 6.92 Å². The molecule has 0 aliphatic heterocycles. The van der Waals surface area contributed by atoms with Crippen LogP contribution in [-0.4, -0.2) is 5.78 Å². The molecule has 0 atom stereocenters. The van der Waals surface area contributed by atoms with Gasteiger partial charge in [0.05, 0.1) is 5.56 Å². The van der Waals surface area contributed by atoms with Crippen molar-refractivity contribution in [1.29, 1.82) is 0 Å². The van der Waals surface area contributed by atoms with Crippen LogP contribution >= 0.6 is 11.6 Å². The van der Waals surface area contributed by atoms with Crippen molar-refractivity contribution < 1.29 is 9.18 Å². The fraction of sp³-hybridized carbons (Fsp3) is 0.125. The van der Waals surface area contributed by atoms with Crippen molar-refractivity contribution in [2.75, 3.05) is 0 Å². The Labute approximate surface area is 68.8 Å². The molecule has 0 aliphatic rings. The second-order valence-corrected chi connectivity index (χ2v) is 2.53.